The van der Waals surface area contributed by atoms with Crippen LogP contribution in [-0.4, -0.2) is 20.4 Å². The van der Waals surface area contributed by atoms with Crippen molar-refractivity contribution in [1.29, 1.82) is 0 Å². The molecule has 0 aliphatic rings. The number of pyridine rings is 1. The van der Waals surface area contributed by atoms with Gasteiger partial charge in [0, 0.05) is 6.54 Å². The van der Waals surface area contributed by atoms with Gasteiger partial charge in [-0.15, -0.1) is 11.3 Å². The van der Waals surface area contributed by atoms with Gasteiger partial charge in [-0.2, -0.15) is 0 Å². The number of para-hydroxylation sites is 2. The summed E-state index contributed by atoms with van der Waals surface area (Å²) in [6.07, 6.45) is 0. The zero-order valence-electron chi connectivity index (χ0n) is 14.7. The van der Waals surface area contributed by atoms with Gasteiger partial charge in [-0.05, 0) is 42.6 Å². The normalized spacial score (nSPS) is 11.0. The molecule has 4 aromatic rings. The minimum absolute atomic E-state index is 0.0921. The third-order valence-corrected chi connectivity index (χ3v) is 5.30. The second-order valence-electron chi connectivity index (χ2n) is 6.04. The highest BCUT2D eigenvalue weighted by atomic mass is 32.1. The van der Waals surface area contributed by atoms with Crippen LogP contribution in [-0.2, 0) is 13.1 Å². The zero-order chi connectivity index (χ0) is 18.8. The van der Waals surface area contributed by atoms with E-state index in [1.165, 1.54) is 11.3 Å². The summed E-state index contributed by atoms with van der Waals surface area (Å²) < 4.78 is 2.06. The molecule has 0 saturated carbocycles. The summed E-state index contributed by atoms with van der Waals surface area (Å²) in [6.45, 7) is 3.04. The molecule has 0 radical (unpaired) electrons. The average Bonchev–Trinajstić information content (AvgIpc) is 3.33. The van der Waals surface area contributed by atoms with Crippen LogP contribution in [0.3, 0.4) is 0 Å². The largest absolute Gasteiger partial charge is 0.345 e. The minimum Gasteiger partial charge on any atom is -0.345 e. The van der Waals surface area contributed by atoms with Crippen LogP contribution < -0.4 is 10.9 Å². The van der Waals surface area contributed by atoms with Gasteiger partial charge in [0.2, 0.25) is 0 Å². The molecule has 3 aromatic heterocycles. The molecule has 3 heterocycles. The molecule has 0 saturated heterocycles. The number of carbonyl (C=O) groups excluding carboxylic acids is 1. The molecule has 7 heteroatoms. The molecule has 0 unspecified atom stereocenters. The first-order valence-electron chi connectivity index (χ1n) is 8.67. The van der Waals surface area contributed by atoms with Gasteiger partial charge in [0.25, 0.3) is 11.5 Å². The van der Waals surface area contributed by atoms with E-state index >= 15 is 0 Å². The quantitative estimate of drug-likeness (QED) is 0.559. The van der Waals surface area contributed by atoms with Crippen LogP contribution in [0.4, 0.5) is 0 Å². The van der Waals surface area contributed by atoms with Crippen molar-refractivity contribution >= 4 is 28.3 Å². The van der Waals surface area contributed by atoms with Crippen molar-refractivity contribution in [3.63, 3.8) is 0 Å². The van der Waals surface area contributed by atoms with Gasteiger partial charge in [-0.25, -0.2) is 4.98 Å². The van der Waals surface area contributed by atoms with E-state index in [1.807, 2.05) is 48.7 Å². The molecule has 6 nitrogen and oxygen atoms in total. The topological polar surface area (TPSA) is 79.8 Å². The fourth-order valence-corrected chi connectivity index (χ4v) is 3.80. The molecule has 0 aliphatic heterocycles. The maximum absolute atomic E-state index is 12.5. The maximum atomic E-state index is 12.5. The average molecular weight is 378 g/mol. The summed E-state index contributed by atoms with van der Waals surface area (Å²) in [5.74, 6) is 0.349. The smallest absolute Gasteiger partial charge is 0.261 e. The highest BCUT2D eigenvalue weighted by Crippen LogP contribution is 2.21. The fourth-order valence-electron chi connectivity index (χ4n) is 3.10. The molecular weight excluding hydrogens is 360 g/mol. The Kier molecular flexibility index (Phi) is 4.60. The Labute approximate surface area is 159 Å². The number of fused-ring (bicyclic) bond motifs is 1. The van der Waals surface area contributed by atoms with Gasteiger partial charge in [0.1, 0.15) is 11.4 Å². The summed E-state index contributed by atoms with van der Waals surface area (Å²) in [5.41, 5.74) is 2.32. The van der Waals surface area contributed by atoms with Crippen molar-refractivity contribution in [2.45, 2.75) is 20.0 Å². The second-order valence-corrected chi connectivity index (χ2v) is 6.98. The Morgan fingerprint density at radius 3 is 2.78 bits per heavy atom. The summed E-state index contributed by atoms with van der Waals surface area (Å²) in [5, 5.41) is 4.74. The molecule has 0 spiro atoms. The van der Waals surface area contributed by atoms with E-state index in [9.17, 15) is 9.59 Å². The SMILES string of the molecule is CCn1c(CNC(=O)c2ccc(-c3cccs3)[nH]c2=O)nc2ccccc21. The number of aryl methyl sites for hydroxylation is 1. The van der Waals surface area contributed by atoms with Gasteiger partial charge in [0.05, 0.1) is 28.1 Å². The van der Waals surface area contributed by atoms with E-state index in [0.29, 0.717) is 5.69 Å². The highest BCUT2D eigenvalue weighted by molar-refractivity contribution is 7.13. The number of H-pyrrole nitrogens is 1. The summed E-state index contributed by atoms with van der Waals surface area (Å²) >= 11 is 1.53. The fraction of sp³-hybridized carbons (Fsp3) is 0.150. The number of imidazole rings is 1. The highest BCUT2D eigenvalue weighted by Gasteiger charge is 2.14. The number of nitrogens with zero attached hydrogens (tertiary/aromatic N) is 2. The van der Waals surface area contributed by atoms with E-state index in [-0.39, 0.29) is 12.1 Å². The Balaban J connectivity index is 1.54. The van der Waals surface area contributed by atoms with Crippen LogP contribution in [0.2, 0.25) is 0 Å². The van der Waals surface area contributed by atoms with Crippen LogP contribution in [0.5, 0.6) is 0 Å². The number of nitrogens with one attached hydrogen (secondary N) is 2. The molecule has 1 amide bonds. The Bertz CT molecular complexity index is 1160. The number of carbonyl (C=O) groups is 1. The Morgan fingerprint density at radius 1 is 1.19 bits per heavy atom. The summed E-state index contributed by atoms with van der Waals surface area (Å²) in [6, 6.07) is 15.0. The first-order chi connectivity index (χ1) is 13.2. The van der Waals surface area contributed by atoms with Gasteiger partial charge in [0.15, 0.2) is 0 Å². The Hall–Kier alpha value is -3.19. The molecule has 1 aromatic carbocycles. The lowest BCUT2D eigenvalue weighted by Crippen LogP contribution is -2.30. The molecule has 27 heavy (non-hydrogen) atoms. The number of amides is 1. The van der Waals surface area contributed by atoms with Crippen molar-refractivity contribution in [2.24, 2.45) is 0 Å². The lowest BCUT2D eigenvalue weighted by molar-refractivity contribution is 0.0948. The standard InChI is InChI=1S/C20H18N4O2S/c1-2-24-16-7-4-3-6-14(16)22-18(24)12-21-19(25)13-9-10-15(23-20(13)26)17-8-5-11-27-17/h3-11H,2,12H2,1H3,(H,21,25)(H,23,26). The molecule has 0 aliphatic carbocycles. The van der Waals surface area contributed by atoms with Crippen molar-refractivity contribution in [3.8, 4) is 10.6 Å². The van der Waals surface area contributed by atoms with Gasteiger partial charge in [-0.1, -0.05) is 18.2 Å². The lowest BCUT2D eigenvalue weighted by atomic mass is 10.2. The number of aromatic amines is 1. The van der Waals surface area contributed by atoms with Crippen LogP contribution in [0, 0.1) is 0 Å². The van der Waals surface area contributed by atoms with E-state index in [2.05, 4.69) is 19.9 Å². The Morgan fingerprint density at radius 2 is 2.04 bits per heavy atom. The molecular formula is C20H18N4O2S. The first-order valence-corrected chi connectivity index (χ1v) is 9.55. The van der Waals surface area contributed by atoms with E-state index in [0.717, 1.165) is 28.3 Å². The predicted molar refractivity (Wildman–Crippen MR) is 107 cm³/mol. The van der Waals surface area contributed by atoms with Crippen molar-refractivity contribution in [2.75, 3.05) is 0 Å². The van der Waals surface area contributed by atoms with E-state index in [4.69, 9.17) is 0 Å². The lowest BCUT2D eigenvalue weighted by Gasteiger charge is -2.08. The van der Waals surface area contributed by atoms with Crippen LogP contribution in [0.15, 0.2) is 58.7 Å². The number of rotatable bonds is 5. The summed E-state index contributed by atoms with van der Waals surface area (Å²) in [7, 11) is 0. The van der Waals surface area contributed by atoms with Crippen LogP contribution in [0.25, 0.3) is 21.6 Å². The van der Waals surface area contributed by atoms with Crippen molar-refractivity contribution < 1.29 is 4.79 Å². The van der Waals surface area contributed by atoms with Gasteiger partial charge < -0.3 is 14.9 Å². The first kappa shape index (κ1) is 17.2. The predicted octanol–water partition coefficient (Wildman–Crippen LogP) is 3.40. The molecule has 0 atom stereocenters. The van der Waals surface area contributed by atoms with Crippen molar-refractivity contribution in [3.05, 3.63) is 75.7 Å². The number of benzene rings is 1. The number of thiophene rings is 1. The van der Waals surface area contributed by atoms with Gasteiger partial charge >= 0.3 is 0 Å². The van der Waals surface area contributed by atoms with Crippen molar-refractivity contribution in [1.82, 2.24) is 19.9 Å². The monoisotopic (exact) mass is 378 g/mol. The van der Waals surface area contributed by atoms with Crippen LogP contribution in [0.1, 0.15) is 23.1 Å². The molecule has 136 valence electrons. The third-order valence-electron chi connectivity index (χ3n) is 4.40. The minimum atomic E-state index is -0.413. The van der Waals surface area contributed by atoms with Crippen LogP contribution >= 0.6 is 11.3 Å². The van der Waals surface area contributed by atoms with E-state index < -0.39 is 11.5 Å². The third kappa shape index (κ3) is 3.29. The summed E-state index contributed by atoms with van der Waals surface area (Å²) in [4.78, 5) is 33.1. The van der Waals surface area contributed by atoms with Gasteiger partial charge in [-0.3, -0.25) is 9.59 Å². The number of aromatic nitrogens is 3. The molecule has 0 fully saturated rings. The maximum Gasteiger partial charge on any atom is 0.261 e. The second kappa shape index (κ2) is 7.20. The molecule has 2 N–H and O–H groups in total. The zero-order valence-corrected chi connectivity index (χ0v) is 15.5. The number of hydrogen-bond acceptors (Lipinski definition) is 4. The number of hydrogen-bond donors (Lipinski definition) is 2. The van der Waals surface area contributed by atoms with E-state index in [1.54, 1.807) is 12.1 Å². The molecule has 4 rings (SSSR count). The molecule has 0 bridgehead atoms.